The molecule has 2 nitrogen and oxygen atoms in total. The smallest absolute Gasteiger partial charge is 0.309 e. The molecular formula is C11H19ClO2. The minimum Gasteiger partial charge on any atom is -0.460 e. The molecule has 2 atom stereocenters. The summed E-state index contributed by atoms with van der Waals surface area (Å²) in [6.07, 6.45) is 3.77. The molecule has 0 spiro atoms. The van der Waals surface area contributed by atoms with E-state index in [0.717, 1.165) is 25.7 Å². The molecule has 1 aliphatic carbocycles. The normalized spacial score (nSPS) is 28.6. The highest BCUT2D eigenvalue weighted by molar-refractivity contribution is 6.20. The van der Waals surface area contributed by atoms with Crippen molar-refractivity contribution in [3.8, 4) is 0 Å². The van der Waals surface area contributed by atoms with Crippen molar-refractivity contribution >= 4 is 17.6 Å². The highest BCUT2D eigenvalue weighted by atomic mass is 35.5. The summed E-state index contributed by atoms with van der Waals surface area (Å²) >= 11 is 6.02. The van der Waals surface area contributed by atoms with E-state index < -0.39 is 0 Å². The first kappa shape index (κ1) is 11.8. The number of ether oxygens (including phenoxy) is 1. The van der Waals surface area contributed by atoms with Crippen LogP contribution in [-0.2, 0) is 9.53 Å². The molecule has 0 aromatic carbocycles. The average Bonchev–Trinajstić information content (AvgIpc) is 2.01. The van der Waals surface area contributed by atoms with Gasteiger partial charge in [-0.25, -0.2) is 0 Å². The molecule has 1 rings (SSSR count). The maximum Gasteiger partial charge on any atom is 0.309 e. The zero-order chi connectivity index (χ0) is 10.8. The third-order valence-electron chi connectivity index (χ3n) is 2.35. The van der Waals surface area contributed by atoms with Gasteiger partial charge in [-0.1, -0.05) is 6.42 Å². The molecule has 1 saturated carbocycles. The standard InChI is InChI=1S/C11H19ClO2/c1-11(2,3)14-10(13)8-5-4-6-9(12)7-8/h8-9H,4-7H2,1-3H3. The minimum atomic E-state index is -0.379. The summed E-state index contributed by atoms with van der Waals surface area (Å²) in [5.41, 5.74) is -0.379. The molecule has 0 N–H and O–H groups in total. The minimum absolute atomic E-state index is 0.0190. The lowest BCUT2D eigenvalue weighted by Crippen LogP contribution is -2.31. The van der Waals surface area contributed by atoms with E-state index in [-0.39, 0.29) is 22.9 Å². The fourth-order valence-electron chi connectivity index (χ4n) is 1.73. The largest absolute Gasteiger partial charge is 0.460 e. The van der Waals surface area contributed by atoms with E-state index in [1.807, 2.05) is 20.8 Å². The number of halogens is 1. The van der Waals surface area contributed by atoms with Gasteiger partial charge in [0.15, 0.2) is 0 Å². The summed E-state index contributed by atoms with van der Waals surface area (Å²) in [4.78, 5) is 11.7. The van der Waals surface area contributed by atoms with Crippen molar-refractivity contribution < 1.29 is 9.53 Å². The van der Waals surface area contributed by atoms with Crippen LogP contribution in [0.1, 0.15) is 46.5 Å². The SMILES string of the molecule is CC(C)(C)OC(=O)C1CCCC(Cl)C1. The number of carbonyl (C=O) groups excluding carboxylic acids is 1. The predicted molar refractivity (Wildman–Crippen MR) is 57.4 cm³/mol. The van der Waals surface area contributed by atoms with Crippen molar-refractivity contribution in [1.29, 1.82) is 0 Å². The van der Waals surface area contributed by atoms with Gasteiger partial charge in [0.05, 0.1) is 5.92 Å². The van der Waals surface area contributed by atoms with Crippen LogP contribution >= 0.6 is 11.6 Å². The maximum absolute atomic E-state index is 11.7. The van der Waals surface area contributed by atoms with E-state index in [9.17, 15) is 4.79 Å². The first-order chi connectivity index (χ1) is 6.38. The lowest BCUT2D eigenvalue weighted by Gasteiger charge is -2.27. The monoisotopic (exact) mass is 218 g/mol. The summed E-state index contributed by atoms with van der Waals surface area (Å²) in [6, 6.07) is 0. The predicted octanol–water partition coefficient (Wildman–Crippen LogP) is 3.13. The molecule has 1 fully saturated rings. The van der Waals surface area contributed by atoms with Crippen LogP contribution < -0.4 is 0 Å². The van der Waals surface area contributed by atoms with Crippen molar-refractivity contribution in [1.82, 2.24) is 0 Å². The van der Waals surface area contributed by atoms with Crippen LogP contribution in [0.5, 0.6) is 0 Å². The Balaban J connectivity index is 2.44. The van der Waals surface area contributed by atoms with Crippen LogP contribution in [0.4, 0.5) is 0 Å². The van der Waals surface area contributed by atoms with Crippen LogP contribution in [0, 0.1) is 5.92 Å². The average molecular weight is 219 g/mol. The van der Waals surface area contributed by atoms with E-state index in [1.165, 1.54) is 0 Å². The highest BCUT2D eigenvalue weighted by Crippen LogP contribution is 2.29. The second-order valence-electron chi connectivity index (χ2n) is 4.99. The molecule has 0 bridgehead atoms. The number of hydrogen-bond acceptors (Lipinski definition) is 2. The quantitative estimate of drug-likeness (QED) is 0.499. The molecule has 0 aromatic rings. The fraction of sp³-hybridized carbons (Fsp3) is 0.909. The lowest BCUT2D eigenvalue weighted by atomic mass is 9.89. The Morgan fingerprint density at radius 3 is 2.50 bits per heavy atom. The Kier molecular flexibility index (Phi) is 3.82. The van der Waals surface area contributed by atoms with Gasteiger partial charge in [-0.3, -0.25) is 4.79 Å². The molecule has 3 heteroatoms. The van der Waals surface area contributed by atoms with Gasteiger partial charge in [-0.2, -0.15) is 0 Å². The molecule has 1 aliphatic rings. The van der Waals surface area contributed by atoms with Crippen LogP contribution in [0.2, 0.25) is 0 Å². The molecule has 2 unspecified atom stereocenters. The third kappa shape index (κ3) is 3.87. The number of hydrogen-bond donors (Lipinski definition) is 0. The maximum atomic E-state index is 11.7. The topological polar surface area (TPSA) is 26.3 Å². The molecule has 0 aliphatic heterocycles. The van der Waals surface area contributed by atoms with Gasteiger partial charge in [-0.15, -0.1) is 11.6 Å². The zero-order valence-electron chi connectivity index (χ0n) is 9.18. The van der Waals surface area contributed by atoms with Gasteiger partial charge in [0.2, 0.25) is 0 Å². The summed E-state index contributed by atoms with van der Waals surface area (Å²) < 4.78 is 5.33. The number of alkyl halides is 1. The van der Waals surface area contributed by atoms with E-state index >= 15 is 0 Å². The number of esters is 1. The van der Waals surface area contributed by atoms with Gasteiger partial charge in [-0.05, 0) is 40.0 Å². The Morgan fingerprint density at radius 1 is 1.36 bits per heavy atom. The molecule has 0 amide bonds. The molecule has 82 valence electrons. The Morgan fingerprint density at radius 2 is 2.00 bits per heavy atom. The molecule has 0 aromatic heterocycles. The van der Waals surface area contributed by atoms with Crippen LogP contribution in [0.15, 0.2) is 0 Å². The molecule has 14 heavy (non-hydrogen) atoms. The second kappa shape index (κ2) is 4.52. The summed E-state index contributed by atoms with van der Waals surface area (Å²) in [6.45, 7) is 5.68. The first-order valence-corrected chi connectivity index (χ1v) is 5.69. The van der Waals surface area contributed by atoms with Crippen molar-refractivity contribution in [3.63, 3.8) is 0 Å². The molecule has 0 heterocycles. The summed E-state index contributed by atoms with van der Waals surface area (Å²) in [5, 5.41) is 0.154. The van der Waals surface area contributed by atoms with Gasteiger partial charge >= 0.3 is 5.97 Å². The number of rotatable bonds is 1. The van der Waals surface area contributed by atoms with E-state index in [2.05, 4.69) is 0 Å². The Bertz CT molecular complexity index is 208. The Labute approximate surface area is 91.0 Å². The van der Waals surface area contributed by atoms with Crippen molar-refractivity contribution in [3.05, 3.63) is 0 Å². The van der Waals surface area contributed by atoms with Gasteiger partial charge in [0.1, 0.15) is 5.60 Å². The van der Waals surface area contributed by atoms with Gasteiger partial charge in [0.25, 0.3) is 0 Å². The van der Waals surface area contributed by atoms with Crippen LogP contribution in [0.3, 0.4) is 0 Å². The number of carbonyl (C=O) groups is 1. The molecule has 0 radical (unpaired) electrons. The second-order valence-corrected chi connectivity index (χ2v) is 5.61. The van der Waals surface area contributed by atoms with E-state index in [4.69, 9.17) is 16.3 Å². The summed E-state index contributed by atoms with van der Waals surface area (Å²) in [5.74, 6) is -0.0617. The van der Waals surface area contributed by atoms with Gasteiger partial charge in [0, 0.05) is 5.38 Å². The van der Waals surface area contributed by atoms with Gasteiger partial charge < -0.3 is 4.74 Å². The summed E-state index contributed by atoms with van der Waals surface area (Å²) in [7, 11) is 0. The lowest BCUT2D eigenvalue weighted by molar-refractivity contribution is -0.161. The third-order valence-corrected chi connectivity index (χ3v) is 2.75. The van der Waals surface area contributed by atoms with E-state index in [1.54, 1.807) is 0 Å². The van der Waals surface area contributed by atoms with E-state index in [0.29, 0.717) is 0 Å². The fourth-order valence-corrected chi connectivity index (χ4v) is 2.10. The van der Waals surface area contributed by atoms with Crippen molar-refractivity contribution in [2.45, 2.75) is 57.4 Å². The zero-order valence-corrected chi connectivity index (χ0v) is 9.93. The molecule has 0 saturated heterocycles. The van der Waals surface area contributed by atoms with Crippen LogP contribution in [0.25, 0.3) is 0 Å². The Hall–Kier alpha value is -0.240. The first-order valence-electron chi connectivity index (χ1n) is 5.25. The molecular weight excluding hydrogens is 200 g/mol. The van der Waals surface area contributed by atoms with Crippen molar-refractivity contribution in [2.24, 2.45) is 5.92 Å². The van der Waals surface area contributed by atoms with Crippen LogP contribution in [-0.4, -0.2) is 16.9 Å². The highest BCUT2D eigenvalue weighted by Gasteiger charge is 2.29. The van der Waals surface area contributed by atoms with Crippen molar-refractivity contribution in [2.75, 3.05) is 0 Å².